The number of nitrogens with zero attached hydrogens (tertiary/aromatic N) is 2. The van der Waals surface area contributed by atoms with Gasteiger partial charge in [-0.1, -0.05) is 13.8 Å². The Kier molecular flexibility index (Phi) is 14.2. The highest BCUT2D eigenvalue weighted by Crippen LogP contribution is 2.16. The van der Waals surface area contributed by atoms with Crippen LogP contribution in [0.4, 0.5) is 0 Å². The second-order valence-corrected chi connectivity index (χ2v) is 6.34. The van der Waals surface area contributed by atoms with E-state index in [-0.39, 0.29) is 24.0 Å². The maximum absolute atomic E-state index is 5.35. The molecule has 0 aromatic carbocycles. The minimum atomic E-state index is 0. The van der Waals surface area contributed by atoms with Crippen LogP contribution in [0.3, 0.4) is 0 Å². The first-order chi connectivity index (χ1) is 10.7. The van der Waals surface area contributed by atoms with E-state index in [0.717, 1.165) is 45.1 Å². The van der Waals surface area contributed by atoms with Crippen LogP contribution in [0.5, 0.6) is 0 Å². The average Bonchev–Trinajstić information content (AvgIpc) is 3.02. The van der Waals surface area contributed by atoms with Gasteiger partial charge < -0.3 is 15.4 Å². The molecule has 23 heavy (non-hydrogen) atoms. The smallest absolute Gasteiger partial charge is 0.191 e. The monoisotopic (exact) mass is 440 g/mol. The summed E-state index contributed by atoms with van der Waals surface area (Å²) in [4.78, 5) is 6.94. The van der Waals surface area contributed by atoms with E-state index in [1.54, 1.807) is 0 Å². The summed E-state index contributed by atoms with van der Waals surface area (Å²) in [5.41, 5.74) is 0. The Labute approximate surface area is 160 Å². The third-order valence-electron chi connectivity index (χ3n) is 4.29. The topological polar surface area (TPSA) is 48.9 Å². The van der Waals surface area contributed by atoms with Crippen LogP contribution in [-0.4, -0.2) is 63.3 Å². The van der Waals surface area contributed by atoms with Crippen LogP contribution >= 0.6 is 24.0 Å². The second-order valence-electron chi connectivity index (χ2n) is 6.34. The minimum Gasteiger partial charge on any atom is -0.382 e. The van der Waals surface area contributed by atoms with Crippen molar-refractivity contribution in [3.05, 3.63) is 0 Å². The van der Waals surface area contributed by atoms with Crippen molar-refractivity contribution in [1.82, 2.24) is 15.5 Å². The molecule has 1 fully saturated rings. The van der Waals surface area contributed by atoms with Gasteiger partial charge in [-0.05, 0) is 51.6 Å². The lowest BCUT2D eigenvalue weighted by molar-refractivity contribution is 0.143. The second kappa shape index (κ2) is 14.3. The Morgan fingerprint density at radius 3 is 2.43 bits per heavy atom. The Morgan fingerprint density at radius 1 is 1.17 bits per heavy atom. The molecule has 0 amide bonds. The summed E-state index contributed by atoms with van der Waals surface area (Å²) >= 11 is 0. The van der Waals surface area contributed by atoms with Crippen LogP contribution in [0.25, 0.3) is 0 Å². The van der Waals surface area contributed by atoms with Crippen molar-refractivity contribution in [3.8, 4) is 0 Å². The quantitative estimate of drug-likeness (QED) is 0.237. The molecule has 1 heterocycles. The first-order valence-electron chi connectivity index (χ1n) is 8.95. The molecule has 1 aliphatic heterocycles. The predicted molar refractivity (Wildman–Crippen MR) is 110 cm³/mol. The van der Waals surface area contributed by atoms with E-state index < -0.39 is 0 Å². The van der Waals surface area contributed by atoms with Crippen molar-refractivity contribution >= 4 is 29.9 Å². The van der Waals surface area contributed by atoms with Gasteiger partial charge in [-0.25, -0.2) is 0 Å². The van der Waals surface area contributed by atoms with E-state index in [2.05, 4.69) is 34.4 Å². The number of guanidine groups is 1. The first kappa shape index (κ1) is 22.9. The van der Waals surface area contributed by atoms with Crippen molar-refractivity contribution in [2.45, 2.75) is 52.5 Å². The standard InChI is InChI=1S/C17H36N4O.HI/c1-5-22-13-9-6-10-19-17(18-4)20-14-16(15(2)3)21-11-7-8-12-21;/h15-16H,5-14H2,1-4H3,(H2,18,19,20);1H. The van der Waals surface area contributed by atoms with Crippen molar-refractivity contribution in [3.63, 3.8) is 0 Å². The Hall–Kier alpha value is -0.0800. The summed E-state index contributed by atoms with van der Waals surface area (Å²) in [6.45, 7) is 12.7. The summed E-state index contributed by atoms with van der Waals surface area (Å²) in [7, 11) is 1.84. The van der Waals surface area contributed by atoms with Gasteiger partial charge in [0.15, 0.2) is 5.96 Å². The lowest BCUT2D eigenvalue weighted by Gasteiger charge is -2.31. The minimum absolute atomic E-state index is 0. The molecule has 0 bridgehead atoms. The number of rotatable bonds is 10. The highest BCUT2D eigenvalue weighted by atomic mass is 127. The number of hydrogen-bond donors (Lipinski definition) is 2. The van der Waals surface area contributed by atoms with Crippen molar-refractivity contribution in [2.24, 2.45) is 10.9 Å². The summed E-state index contributed by atoms with van der Waals surface area (Å²) in [6.07, 6.45) is 4.90. The summed E-state index contributed by atoms with van der Waals surface area (Å²) in [5.74, 6) is 1.58. The molecule has 6 heteroatoms. The Balaban J connectivity index is 0.00000484. The zero-order valence-electron chi connectivity index (χ0n) is 15.4. The molecule has 0 aliphatic carbocycles. The van der Waals surface area contributed by atoms with Crippen molar-refractivity contribution in [1.29, 1.82) is 0 Å². The van der Waals surface area contributed by atoms with Gasteiger partial charge in [0.1, 0.15) is 0 Å². The predicted octanol–water partition coefficient (Wildman–Crippen LogP) is 2.71. The molecule has 138 valence electrons. The number of hydrogen-bond acceptors (Lipinski definition) is 3. The van der Waals surface area contributed by atoms with Crippen LogP contribution in [0, 0.1) is 5.92 Å². The average molecular weight is 440 g/mol. The molecule has 2 N–H and O–H groups in total. The Bertz CT molecular complexity index is 307. The maximum atomic E-state index is 5.35. The van der Waals surface area contributed by atoms with E-state index in [1.807, 2.05) is 14.0 Å². The Morgan fingerprint density at radius 2 is 1.87 bits per heavy atom. The number of unbranched alkanes of at least 4 members (excludes halogenated alkanes) is 1. The van der Waals surface area contributed by atoms with Crippen LogP contribution in [0.1, 0.15) is 46.5 Å². The highest BCUT2D eigenvalue weighted by Gasteiger charge is 2.24. The fourth-order valence-electron chi connectivity index (χ4n) is 2.96. The number of aliphatic imine (C=N–C) groups is 1. The highest BCUT2D eigenvalue weighted by molar-refractivity contribution is 14.0. The number of nitrogens with one attached hydrogen (secondary N) is 2. The van der Waals surface area contributed by atoms with Crippen LogP contribution in [0.15, 0.2) is 4.99 Å². The van der Waals surface area contributed by atoms with E-state index in [4.69, 9.17) is 4.74 Å². The van der Waals surface area contributed by atoms with E-state index in [9.17, 15) is 0 Å². The lowest BCUT2D eigenvalue weighted by atomic mass is 10.0. The molecule has 0 aromatic rings. The largest absolute Gasteiger partial charge is 0.382 e. The molecule has 1 unspecified atom stereocenters. The van der Waals surface area contributed by atoms with Gasteiger partial charge in [0, 0.05) is 39.4 Å². The van der Waals surface area contributed by atoms with Gasteiger partial charge in [0.25, 0.3) is 0 Å². The van der Waals surface area contributed by atoms with Crippen LogP contribution < -0.4 is 10.6 Å². The van der Waals surface area contributed by atoms with E-state index >= 15 is 0 Å². The molecule has 1 aliphatic rings. The van der Waals surface area contributed by atoms with Crippen LogP contribution in [-0.2, 0) is 4.74 Å². The van der Waals surface area contributed by atoms with E-state index in [1.165, 1.54) is 25.9 Å². The third kappa shape index (κ3) is 9.72. The first-order valence-corrected chi connectivity index (χ1v) is 8.95. The summed E-state index contributed by atoms with van der Waals surface area (Å²) in [5, 5.41) is 6.89. The van der Waals surface area contributed by atoms with Gasteiger partial charge in [-0.2, -0.15) is 0 Å². The zero-order chi connectivity index (χ0) is 16.2. The van der Waals surface area contributed by atoms with Gasteiger partial charge in [-0.15, -0.1) is 24.0 Å². The molecule has 0 aromatic heterocycles. The normalized spacial score (nSPS) is 17.2. The molecular formula is C17H37IN4O. The van der Waals surface area contributed by atoms with Gasteiger partial charge in [-0.3, -0.25) is 9.89 Å². The van der Waals surface area contributed by atoms with Gasteiger partial charge in [0.2, 0.25) is 0 Å². The van der Waals surface area contributed by atoms with E-state index in [0.29, 0.717) is 12.0 Å². The lowest BCUT2D eigenvalue weighted by Crippen LogP contribution is -2.48. The molecule has 1 atom stereocenters. The van der Waals surface area contributed by atoms with Gasteiger partial charge >= 0.3 is 0 Å². The fourth-order valence-corrected chi connectivity index (χ4v) is 2.96. The van der Waals surface area contributed by atoms with Crippen molar-refractivity contribution in [2.75, 3.05) is 46.4 Å². The molecule has 0 saturated carbocycles. The molecule has 0 spiro atoms. The SMILES string of the molecule is CCOCCCCNC(=NC)NCC(C(C)C)N1CCCC1.I. The maximum Gasteiger partial charge on any atom is 0.191 e. The molecular weight excluding hydrogens is 403 g/mol. The van der Waals surface area contributed by atoms with Gasteiger partial charge in [0.05, 0.1) is 0 Å². The van der Waals surface area contributed by atoms with Crippen molar-refractivity contribution < 1.29 is 4.74 Å². The fraction of sp³-hybridized carbons (Fsp3) is 0.941. The molecule has 1 rings (SSSR count). The molecule has 5 nitrogen and oxygen atoms in total. The summed E-state index contributed by atoms with van der Waals surface area (Å²) < 4.78 is 5.35. The summed E-state index contributed by atoms with van der Waals surface area (Å²) in [6, 6.07) is 0.596. The number of likely N-dealkylation sites (tertiary alicyclic amines) is 1. The zero-order valence-corrected chi connectivity index (χ0v) is 17.8. The van der Waals surface area contributed by atoms with Crippen LogP contribution in [0.2, 0.25) is 0 Å². The number of ether oxygens (including phenoxy) is 1. The third-order valence-corrected chi connectivity index (χ3v) is 4.29. The molecule has 0 radical (unpaired) electrons. The molecule has 1 saturated heterocycles. The number of halogens is 1.